The fourth-order valence-corrected chi connectivity index (χ4v) is 2.57. The Balaban J connectivity index is 0.00000529. The first-order valence-electron chi connectivity index (χ1n) is 8.02. The van der Waals surface area contributed by atoms with E-state index in [1.54, 1.807) is 5.01 Å². The summed E-state index contributed by atoms with van der Waals surface area (Å²) in [6.07, 6.45) is 0.856. The summed E-state index contributed by atoms with van der Waals surface area (Å²) in [5.74, 6) is 0.0478. The third-order valence-corrected chi connectivity index (χ3v) is 4.48. The van der Waals surface area contributed by atoms with Crippen molar-refractivity contribution in [3.8, 4) is 0 Å². The van der Waals surface area contributed by atoms with E-state index in [9.17, 15) is 4.79 Å². The zero-order valence-electron chi connectivity index (χ0n) is 15.4. The topological polar surface area (TPSA) is 26.8 Å². The number of thiocarbonyl (C=S) groups is 1. The van der Waals surface area contributed by atoms with Crippen LogP contribution in [0.3, 0.4) is 0 Å². The van der Waals surface area contributed by atoms with Crippen LogP contribution in [0.1, 0.15) is 36.7 Å². The SMILES string of the molecule is CCN(CC)N(CC)C(=O)c1ccc(CCN(C)C(=S)[S-])cc1.[Na+]. The smallest absolute Gasteiger partial charge is 0.411 e. The second kappa shape index (κ2) is 12.2. The van der Waals surface area contributed by atoms with E-state index in [1.165, 1.54) is 5.56 Å². The maximum absolute atomic E-state index is 12.6. The Morgan fingerprint density at radius 1 is 1.08 bits per heavy atom. The number of benzene rings is 1. The molecule has 1 rings (SSSR count). The molecule has 1 aromatic rings. The van der Waals surface area contributed by atoms with Gasteiger partial charge < -0.3 is 29.7 Å². The second-order valence-electron chi connectivity index (χ2n) is 5.29. The number of amides is 1. The Kier molecular flexibility index (Phi) is 12.0. The summed E-state index contributed by atoms with van der Waals surface area (Å²) in [6.45, 7) is 9.21. The first-order chi connectivity index (χ1) is 10.9. The van der Waals surface area contributed by atoms with Gasteiger partial charge in [0.25, 0.3) is 5.91 Å². The second-order valence-corrected chi connectivity index (χ2v) is 6.33. The zero-order chi connectivity index (χ0) is 17.4. The monoisotopic (exact) mass is 375 g/mol. The quantitative estimate of drug-likeness (QED) is 0.270. The van der Waals surface area contributed by atoms with Crippen LogP contribution in [-0.2, 0) is 19.0 Å². The molecule has 7 heteroatoms. The summed E-state index contributed by atoms with van der Waals surface area (Å²) < 4.78 is 0.481. The summed E-state index contributed by atoms with van der Waals surface area (Å²) in [5.41, 5.74) is 1.89. The van der Waals surface area contributed by atoms with Crippen molar-refractivity contribution in [1.82, 2.24) is 14.9 Å². The van der Waals surface area contributed by atoms with Crippen LogP contribution in [-0.4, -0.2) is 58.4 Å². The van der Waals surface area contributed by atoms with E-state index in [-0.39, 0.29) is 35.5 Å². The van der Waals surface area contributed by atoms with Crippen LogP contribution in [0.25, 0.3) is 0 Å². The molecule has 1 aromatic carbocycles. The van der Waals surface area contributed by atoms with Crippen LogP contribution in [0.4, 0.5) is 0 Å². The first kappa shape index (κ1) is 23.8. The molecule has 0 heterocycles. The minimum Gasteiger partial charge on any atom is -0.411 e. The molecule has 24 heavy (non-hydrogen) atoms. The predicted molar refractivity (Wildman–Crippen MR) is 102 cm³/mol. The van der Waals surface area contributed by atoms with Gasteiger partial charge in [-0.05, 0) is 31.0 Å². The number of hydrogen-bond donors (Lipinski definition) is 0. The molecule has 0 aliphatic heterocycles. The van der Waals surface area contributed by atoms with Crippen molar-refractivity contribution in [2.45, 2.75) is 27.2 Å². The van der Waals surface area contributed by atoms with E-state index >= 15 is 0 Å². The molecule has 0 saturated carbocycles. The van der Waals surface area contributed by atoms with Crippen LogP contribution >= 0.6 is 12.2 Å². The van der Waals surface area contributed by atoms with Crippen molar-refractivity contribution in [1.29, 1.82) is 0 Å². The summed E-state index contributed by atoms with van der Waals surface area (Å²) in [5, 5.41) is 3.86. The molecule has 4 nitrogen and oxygen atoms in total. The maximum Gasteiger partial charge on any atom is 1.00 e. The summed E-state index contributed by atoms with van der Waals surface area (Å²) in [7, 11) is 1.90. The number of carbonyl (C=O) groups excluding carboxylic acids is 1. The minimum absolute atomic E-state index is 0. The van der Waals surface area contributed by atoms with Gasteiger partial charge in [-0.15, -0.1) is 0 Å². The van der Waals surface area contributed by atoms with Crippen molar-refractivity contribution >= 4 is 35.1 Å². The number of likely N-dealkylation sites (N-methyl/N-ethyl adjacent to an activating group) is 1. The summed E-state index contributed by atoms with van der Waals surface area (Å²) in [4.78, 5) is 14.5. The number of hydrazine groups is 1. The molecule has 0 N–H and O–H groups in total. The van der Waals surface area contributed by atoms with E-state index in [1.807, 2.05) is 43.1 Å². The third-order valence-electron chi connectivity index (χ3n) is 3.85. The molecule has 0 aromatic heterocycles. The largest absolute Gasteiger partial charge is 1.00 e. The van der Waals surface area contributed by atoms with Gasteiger partial charge in [-0.1, -0.05) is 30.3 Å². The van der Waals surface area contributed by atoms with Crippen molar-refractivity contribution in [3.05, 3.63) is 35.4 Å². The van der Waals surface area contributed by atoms with Gasteiger partial charge in [-0.2, -0.15) is 0 Å². The van der Waals surface area contributed by atoms with Gasteiger partial charge in [0.2, 0.25) is 0 Å². The van der Waals surface area contributed by atoms with Gasteiger partial charge >= 0.3 is 29.6 Å². The molecule has 0 unspecified atom stereocenters. The van der Waals surface area contributed by atoms with Gasteiger partial charge in [0.1, 0.15) is 0 Å². The number of rotatable bonds is 8. The number of hydrogen-bond acceptors (Lipinski definition) is 4. The molecule has 0 atom stereocenters. The standard InChI is InChI=1S/C17H27N3OS2.Na/c1-5-19(6-2)20(7-3)16(21)15-10-8-14(9-11-15)12-13-18(4)17(22)23;/h8-11H,5-7,12-13H2,1-4H3,(H,22,23);/q;+1/p-1. The van der Waals surface area contributed by atoms with Crippen LogP contribution in [0.2, 0.25) is 0 Å². The van der Waals surface area contributed by atoms with Crippen molar-refractivity contribution in [2.75, 3.05) is 33.2 Å². The number of carbonyl (C=O) groups is 1. The molecule has 128 valence electrons. The van der Waals surface area contributed by atoms with E-state index in [0.717, 1.165) is 31.6 Å². The number of nitrogens with zero attached hydrogens (tertiary/aromatic N) is 3. The van der Waals surface area contributed by atoms with Gasteiger partial charge in [-0.25, -0.2) is 5.01 Å². The molecule has 0 aliphatic rings. The molecular weight excluding hydrogens is 349 g/mol. The molecule has 0 fully saturated rings. The van der Waals surface area contributed by atoms with Crippen LogP contribution < -0.4 is 29.6 Å². The van der Waals surface area contributed by atoms with Crippen LogP contribution in [0, 0.1) is 0 Å². The van der Waals surface area contributed by atoms with Gasteiger partial charge in [0.15, 0.2) is 0 Å². The van der Waals surface area contributed by atoms with Gasteiger partial charge in [0.05, 0.1) is 0 Å². The Morgan fingerprint density at radius 2 is 1.62 bits per heavy atom. The first-order valence-corrected chi connectivity index (χ1v) is 8.83. The average Bonchev–Trinajstić information content (AvgIpc) is 2.57. The Hall–Kier alpha value is -0.240. The summed E-state index contributed by atoms with van der Waals surface area (Å²) in [6, 6.07) is 7.80. The van der Waals surface area contributed by atoms with Crippen molar-refractivity contribution < 1.29 is 34.4 Å². The molecule has 0 radical (unpaired) electrons. The average molecular weight is 376 g/mol. The Bertz CT molecular complexity index is 521. The molecule has 0 saturated heterocycles. The van der Waals surface area contributed by atoms with E-state index in [4.69, 9.17) is 24.8 Å². The molecule has 0 bridgehead atoms. The van der Waals surface area contributed by atoms with Crippen molar-refractivity contribution in [2.24, 2.45) is 0 Å². The Morgan fingerprint density at radius 3 is 2.04 bits per heavy atom. The van der Waals surface area contributed by atoms with E-state index in [2.05, 4.69) is 18.9 Å². The third kappa shape index (κ3) is 6.94. The normalized spacial score (nSPS) is 10.2. The van der Waals surface area contributed by atoms with Gasteiger partial charge in [-0.3, -0.25) is 9.80 Å². The molecule has 1 amide bonds. The summed E-state index contributed by atoms with van der Waals surface area (Å²) >= 11 is 9.93. The van der Waals surface area contributed by atoms with Crippen LogP contribution in [0.5, 0.6) is 0 Å². The zero-order valence-corrected chi connectivity index (χ0v) is 19.0. The fraction of sp³-hybridized carbons (Fsp3) is 0.529. The molecular formula is C17H26N3NaOS2. The van der Waals surface area contributed by atoms with Crippen LogP contribution in [0.15, 0.2) is 24.3 Å². The maximum atomic E-state index is 12.6. The fourth-order valence-electron chi connectivity index (χ4n) is 2.39. The van der Waals surface area contributed by atoms with Gasteiger partial charge in [0, 0.05) is 38.8 Å². The molecule has 0 aliphatic carbocycles. The Labute approximate surface area is 179 Å². The van der Waals surface area contributed by atoms with Crippen molar-refractivity contribution in [3.63, 3.8) is 0 Å². The molecule has 0 spiro atoms. The minimum atomic E-state index is 0. The van der Waals surface area contributed by atoms with E-state index in [0.29, 0.717) is 10.9 Å². The van der Waals surface area contributed by atoms with E-state index < -0.39 is 0 Å². The predicted octanol–water partition coefficient (Wildman–Crippen LogP) is -0.284.